The van der Waals surface area contributed by atoms with Gasteiger partial charge < -0.3 is 29.2 Å². The maximum Gasteiger partial charge on any atom is 0.302 e. The smallest absolute Gasteiger partial charge is 0.302 e. The van der Waals surface area contributed by atoms with Crippen molar-refractivity contribution in [3.05, 3.63) is 0 Å². The van der Waals surface area contributed by atoms with Crippen LogP contribution >= 0.6 is 0 Å². The fraction of sp³-hybridized carbons (Fsp3) is 0.938. The van der Waals surface area contributed by atoms with Crippen molar-refractivity contribution in [1.29, 1.82) is 0 Å². The van der Waals surface area contributed by atoms with E-state index in [2.05, 4.69) is 11.7 Å². The maximum absolute atomic E-state index is 10.1. The van der Waals surface area contributed by atoms with Gasteiger partial charge in [-0.25, -0.2) is 0 Å². The second-order valence-electron chi connectivity index (χ2n) is 4.15. The molecular formula is C16H36O7. The van der Waals surface area contributed by atoms with Gasteiger partial charge in [0.05, 0.1) is 46.2 Å². The minimum absolute atomic E-state index is 0.0417. The van der Waals surface area contributed by atoms with E-state index in [9.17, 15) is 4.79 Å². The fourth-order valence-corrected chi connectivity index (χ4v) is 1.02. The van der Waals surface area contributed by atoms with Crippen LogP contribution < -0.4 is 0 Å². The van der Waals surface area contributed by atoms with Crippen LogP contribution in [-0.4, -0.2) is 75.6 Å². The number of rotatable bonds is 12. The van der Waals surface area contributed by atoms with Gasteiger partial charge in [0.1, 0.15) is 0 Å². The number of hydrogen-bond acceptors (Lipinski definition) is 7. The minimum Gasteiger partial charge on any atom is -0.466 e. The maximum atomic E-state index is 10.1. The summed E-state index contributed by atoms with van der Waals surface area (Å²) < 4.78 is 19.2. The van der Waals surface area contributed by atoms with Crippen LogP contribution in [0.3, 0.4) is 0 Å². The molecule has 0 bridgehead atoms. The van der Waals surface area contributed by atoms with Gasteiger partial charge in [-0.3, -0.25) is 4.79 Å². The lowest BCUT2D eigenvalue weighted by Gasteiger charge is -2.01. The Balaban J connectivity index is -0.000000276. The molecular weight excluding hydrogens is 304 g/mol. The van der Waals surface area contributed by atoms with Crippen molar-refractivity contribution in [1.82, 2.24) is 0 Å². The van der Waals surface area contributed by atoms with Crippen LogP contribution in [0.25, 0.3) is 0 Å². The molecule has 0 saturated carbocycles. The van der Waals surface area contributed by atoms with Gasteiger partial charge in [0.25, 0.3) is 0 Å². The van der Waals surface area contributed by atoms with Crippen LogP contribution in [0.15, 0.2) is 0 Å². The Bertz CT molecular complexity index is 191. The first-order valence-corrected chi connectivity index (χ1v) is 8.18. The summed E-state index contributed by atoms with van der Waals surface area (Å²) >= 11 is 0. The number of carbonyl (C=O) groups excluding carboxylic acids is 1. The Labute approximate surface area is 140 Å². The molecule has 0 unspecified atom stereocenters. The summed E-state index contributed by atoms with van der Waals surface area (Å²) in [5.74, 6) is -0.182. The highest BCUT2D eigenvalue weighted by Gasteiger charge is 1.88. The summed E-state index contributed by atoms with van der Waals surface area (Å²) in [7, 11) is 0. The summed E-state index contributed by atoms with van der Waals surface area (Å²) in [6.45, 7) is 11.5. The average Bonchev–Trinajstić information content (AvgIpc) is 2.53. The SMILES string of the molecule is CCCCOC(C)=O.CCOCC.OCCOCCOCCO. The van der Waals surface area contributed by atoms with Crippen LogP contribution in [0.2, 0.25) is 0 Å². The third-order valence-corrected chi connectivity index (χ3v) is 2.05. The van der Waals surface area contributed by atoms with E-state index in [1.54, 1.807) is 0 Å². The summed E-state index contributed by atoms with van der Waals surface area (Å²) in [6.07, 6.45) is 2.05. The highest BCUT2D eigenvalue weighted by Crippen LogP contribution is 1.86. The van der Waals surface area contributed by atoms with Crippen molar-refractivity contribution in [3.63, 3.8) is 0 Å². The van der Waals surface area contributed by atoms with E-state index in [-0.39, 0.29) is 19.2 Å². The Morgan fingerprint density at radius 3 is 1.52 bits per heavy atom. The molecule has 2 N–H and O–H groups in total. The zero-order valence-electron chi connectivity index (χ0n) is 15.2. The number of carbonyl (C=O) groups is 1. The minimum atomic E-state index is -0.182. The fourth-order valence-electron chi connectivity index (χ4n) is 1.02. The predicted octanol–water partition coefficient (Wildman–Crippen LogP) is 1.40. The largest absolute Gasteiger partial charge is 0.466 e. The van der Waals surface area contributed by atoms with E-state index < -0.39 is 0 Å². The summed E-state index contributed by atoms with van der Waals surface area (Å²) in [4.78, 5) is 10.1. The molecule has 0 amide bonds. The monoisotopic (exact) mass is 340 g/mol. The van der Waals surface area contributed by atoms with Crippen molar-refractivity contribution in [2.45, 2.75) is 40.5 Å². The molecule has 0 atom stereocenters. The van der Waals surface area contributed by atoms with Crippen LogP contribution in [-0.2, 0) is 23.7 Å². The van der Waals surface area contributed by atoms with E-state index in [1.165, 1.54) is 6.92 Å². The molecule has 7 nitrogen and oxygen atoms in total. The van der Waals surface area contributed by atoms with Crippen molar-refractivity contribution < 1.29 is 34.0 Å². The molecule has 0 fully saturated rings. The number of unbranched alkanes of at least 4 members (excludes halogenated alkanes) is 1. The first-order chi connectivity index (χ1) is 11.1. The molecule has 7 heteroatoms. The second-order valence-corrected chi connectivity index (χ2v) is 4.15. The second kappa shape index (κ2) is 29.3. The van der Waals surface area contributed by atoms with E-state index >= 15 is 0 Å². The quantitative estimate of drug-likeness (QED) is 0.409. The van der Waals surface area contributed by atoms with Gasteiger partial charge in [-0.05, 0) is 20.3 Å². The molecule has 0 aliphatic carbocycles. The Kier molecular flexibility index (Phi) is 34.6. The van der Waals surface area contributed by atoms with Gasteiger partial charge in [-0.1, -0.05) is 13.3 Å². The van der Waals surface area contributed by atoms with Gasteiger partial charge in [0.15, 0.2) is 0 Å². The topological polar surface area (TPSA) is 94.5 Å². The Morgan fingerprint density at radius 1 is 0.783 bits per heavy atom. The highest BCUT2D eigenvalue weighted by molar-refractivity contribution is 5.65. The third kappa shape index (κ3) is 44.9. The number of aliphatic hydroxyl groups is 2. The van der Waals surface area contributed by atoms with Gasteiger partial charge in [-0.2, -0.15) is 0 Å². The van der Waals surface area contributed by atoms with Gasteiger partial charge in [0.2, 0.25) is 0 Å². The third-order valence-electron chi connectivity index (χ3n) is 2.05. The molecule has 0 aliphatic rings. The molecule has 0 radical (unpaired) electrons. The molecule has 0 spiro atoms. The lowest BCUT2D eigenvalue weighted by molar-refractivity contribution is -0.141. The molecule has 0 aromatic heterocycles. The lowest BCUT2D eigenvalue weighted by Crippen LogP contribution is -2.09. The van der Waals surface area contributed by atoms with Crippen molar-refractivity contribution in [2.75, 3.05) is 59.5 Å². The van der Waals surface area contributed by atoms with Crippen LogP contribution in [0.4, 0.5) is 0 Å². The number of ether oxygens (including phenoxy) is 4. The van der Waals surface area contributed by atoms with Crippen LogP contribution in [0.1, 0.15) is 40.5 Å². The zero-order chi connectivity index (χ0) is 18.2. The molecule has 0 saturated heterocycles. The molecule has 0 rings (SSSR count). The Hall–Kier alpha value is -0.730. The molecule has 0 aliphatic heterocycles. The Morgan fingerprint density at radius 2 is 1.26 bits per heavy atom. The molecule has 23 heavy (non-hydrogen) atoms. The van der Waals surface area contributed by atoms with E-state index in [4.69, 9.17) is 24.4 Å². The number of hydrogen-bond donors (Lipinski definition) is 2. The zero-order valence-corrected chi connectivity index (χ0v) is 15.2. The highest BCUT2D eigenvalue weighted by atomic mass is 16.5. The van der Waals surface area contributed by atoms with E-state index in [1.807, 2.05) is 13.8 Å². The average molecular weight is 340 g/mol. The van der Waals surface area contributed by atoms with E-state index in [0.29, 0.717) is 33.0 Å². The first kappa shape index (κ1) is 27.1. The molecule has 0 aromatic carbocycles. The first-order valence-electron chi connectivity index (χ1n) is 8.18. The molecule has 0 aromatic rings. The summed E-state index contributed by atoms with van der Waals surface area (Å²) in [5.41, 5.74) is 0. The number of esters is 1. The van der Waals surface area contributed by atoms with Crippen LogP contribution in [0.5, 0.6) is 0 Å². The predicted molar refractivity (Wildman–Crippen MR) is 89.5 cm³/mol. The van der Waals surface area contributed by atoms with Crippen LogP contribution in [0, 0.1) is 0 Å². The van der Waals surface area contributed by atoms with Gasteiger partial charge in [-0.15, -0.1) is 0 Å². The lowest BCUT2D eigenvalue weighted by atomic mass is 10.4. The van der Waals surface area contributed by atoms with Crippen molar-refractivity contribution in [2.24, 2.45) is 0 Å². The van der Waals surface area contributed by atoms with Crippen molar-refractivity contribution >= 4 is 5.97 Å². The van der Waals surface area contributed by atoms with Gasteiger partial charge >= 0.3 is 5.97 Å². The summed E-state index contributed by atoms with van der Waals surface area (Å²) in [5, 5.41) is 16.5. The standard InChI is InChI=1S/C6H14O4.C6H12O2.C4H10O/c7-1-3-9-5-6-10-4-2-8;1-3-4-5-8-6(2)7;1-3-5-4-2/h7-8H,1-6H2;3-5H2,1-2H3;3-4H2,1-2H3. The number of aliphatic hydroxyl groups excluding tert-OH is 2. The van der Waals surface area contributed by atoms with E-state index in [0.717, 1.165) is 26.1 Å². The van der Waals surface area contributed by atoms with Crippen molar-refractivity contribution in [3.8, 4) is 0 Å². The molecule has 142 valence electrons. The van der Waals surface area contributed by atoms with Gasteiger partial charge in [0, 0.05) is 20.1 Å². The summed E-state index contributed by atoms with van der Waals surface area (Å²) in [6, 6.07) is 0. The normalized spacial score (nSPS) is 9.30. The molecule has 0 heterocycles.